The molecule has 0 amide bonds. The van der Waals surface area contributed by atoms with Crippen molar-refractivity contribution in [3.63, 3.8) is 0 Å². The molecule has 0 aromatic heterocycles. The first-order valence-electron chi connectivity index (χ1n) is 7.99. The number of ether oxygens (including phenoxy) is 1. The van der Waals surface area contributed by atoms with Crippen LogP contribution < -0.4 is 10.1 Å². The van der Waals surface area contributed by atoms with Crippen molar-refractivity contribution in [3.05, 3.63) is 29.3 Å². The van der Waals surface area contributed by atoms with Crippen molar-refractivity contribution in [1.29, 1.82) is 0 Å². The number of methoxy groups -OCH3 is 1. The summed E-state index contributed by atoms with van der Waals surface area (Å²) in [4.78, 5) is 0. The molecule has 0 aliphatic heterocycles. The molecule has 2 atom stereocenters. The van der Waals surface area contributed by atoms with Gasteiger partial charge in [-0.3, -0.25) is 0 Å². The molecule has 1 fully saturated rings. The van der Waals surface area contributed by atoms with Gasteiger partial charge in [-0.05, 0) is 61.4 Å². The van der Waals surface area contributed by atoms with Crippen molar-refractivity contribution >= 4 is 0 Å². The first-order chi connectivity index (χ1) is 9.61. The Labute approximate surface area is 123 Å². The van der Waals surface area contributed by atoms with E-state index in [0.29, 0.717) is 12.0 Å². The van der Waals surface area contributed by atoms with E-state index in [1.165, 1.54) is 36.8 Å². The molecule has 2 unspecified atom stereocenters. The average Bonchev–Trinajstić information content (AvgIpc) is 2.45. The number of rotatable bonds is 5. The van der Waals surface area contributed by atoms with Crippen LogP contribution in [0.4, 0.5) is 0 Å². The second-order valence-electron chi connectivity index (χ2n) is 6.44. The molecule has 1 aromatic carbocycles. The zero-order chi connectivity index (χ0) is 14.5. The van der Waals surface area contributed by atoms with Crippen LogP contribution in [-0.2, 0) is 0 Å². The maximum atomic E-state index is 5.33. The molecule has 112 valence electrons. The Morgan fingerprint density at radius 1 is 1.25 bits per heavy atom. The highest BCUT2D eigenvalue weighted by Gasteiger charge is 2.27. The second kappa shape index (κ2) is 7.12. The molecular formula is C18H29NO. The molecule has 1 saturated carbocycles. The van der Waals surface area contributed by atoms with Crippen LogP contribution in [0.3, 0.4) is 0 Å². The van der Waals surface area contributed by atoms with Gasteiger partial charge in [0.05, 0.1) is 7.11 Å². The van der Waals surface area contributed by atoms with E-state index in [-0.39, 0.29) is 0 Å². The normalized spacial score (nSPS) is 23.1. The first kappa shape index (κ1) is 15.4. The van der Waals surface area contributed by atoms with Crippen LogP contribution in [0.25, 0.3) is 0 Å². The smallest absolute Gasteiger partial charge is 0.119 e. The zero-order valence-electron chi connectivity index (χ0n) is 13.4. The van der Waals surface area contributed by atoms with Crippen molar-refractivity contribution < 1.29 is 4.74 Å². The summed E-state index contributed by atoms with van der Waals surface area (Å²) < 4.78 is 5.33. The Bertz CT molecular complexity index is 427. The van der Waals surface area contributed by atoms with Gasteiger partial charge >= 0.3 is 0 Å². The van der Waals surface area contributed by atoms with E-state index >= 15 is 0 Å². The second-order valence-corrected chi connectivity index (χ2v) is 6.44. The summed E-state index contributed by atoms with van der Waals surface area (Å²) in [6.45, 7) is 7.83. The third kappa shape index (κ3) is 3.76. The predicted octanol–water partition coefficient (Wildman–Crippen LogP) is 4.28. The molecule has 1 aliphatic rings. The Balaban J connectivity index is 2.14. The average molecular weight is 275 g/mol. The Kier molecular flexibility index (Phi) is 5.47. The molecule has 1 N–H and O–H groups in total. The summed E-state index contributed by atoms with van der Waals surface area (Å²) in [6.07, 6.45) is 5.44. The summed E-state index contributed by atoms with van der Waals surface area (Å²) >= 11 is 0. The molecule has 1 aromatic rings. The van der Waals surface area contributed by atoms with E-state index in [2.05, 4.69) is 44.3 Å². The minimum absolute atomic E-state index is 0.578. The summed E-state index contributed by atoms with van der Waals surface area (Å²) in [5.74, 6) is 2.46. The van der Waals surface area contributed by atoms with Crippen molar-refractivity contribution in [2.24, 2.45) is 5.92 Å². The van der Waals surface area contributed by atoms with Crippen LogP contribution >= 0.6 is 0 Å². The van der Waals surface area contributed by atoms with Crippen molar-refractivity contribution in [2.45, 2.75) is 58.4 Å². The predicted molar refractivity (Wildman–Crippen MR) is 85.6 cm³/mol. The number of aryl methyl sites for hydroxylation is 1. The van der Waals surface area contributed by atoms with Gasteiger partial charge in [-0.2, -0.15) is 0 Å². The van der Waals surface area contributed by atoms with E-state index in [1.54, 1.807) is 7.11 Å². The van der Waals surface area contributed by atoms with Gasteiger partial charge in [0.1, 0.15) is 5.75 Å². The number of benzene rings is 1. The summed E-state index contributed by atoms with van der Waals surface area (Å²) in [7, 11) is 1.74. The van der Waals surface area contributed by atoms with Crippen LogP contribution in [0, 0.1) is 12.8 Å². The van der Waals surface area contributed by atoms with E-state index in [9.17, 15) is 0 Å². The Hall–Kier alpha value is -1.02. The molecular weight excluding hydrogens is 246 g/mol. The lowest BCUT2D eigenvalue weighted by Crippen LogP contribution is -2.33. The maximum Gasteiger partial charge on any atom is 0.119 e. The van der Waals surface area contributed by atoms with Gasteiger partial charge in [0, 0.05) is 6.04 Å². The van der Waals surface area contributed by atoms with E-state index < -0.39 is 0 Å². The van der Waals surface area contributed by atoms with Crippen molar-refractivity contribution in [3.8, 4) is 5.75 Å². The van der Waals surface area contributed by atoms with Crippen LogP contribution in [0.15, 0.2) is 18.2 Å². The van der Waals surface area contributed by atoms with E-state index in [4.69, 9.17) is 4.74 Å². The van der Waals surface area contributed by atoms with Gasteiger partial charge in [0.15, 0.2) is 0 Å². The molecule has 0 saturated heterocycles. The molecule has 0 spiro atoms. The SMILES string of the molecule is COc1ccc(C2CCCCC2CNC(C)C)c(C)c1. The molecule has 2 heteroatoms. The van der Waals surface area contributed by atoms with Gasteiger partial charge in [0.25, 0.3) is 0 Å². The fourth-order valence-corrected chi connectivity index (χ4v) is 3.44. The fourth-order valence-electron chi connectivity index (χ4n) is 3.44. The van der Waals surface area contributed by atoms with Crippen molar-refractivity contribution in [1.82, 2.24) is 5.32 Å². The number of hydrogen-bond acceptors (Lipinski definition) is 2. The van der Waals surface area contributed by atoms with E-state index in [0.717, 1.165) is 18.2 Å². The summed E-state index contributed by atoms with van der Waals surface area (Å²) in [6, 6.07) is 7.15. The van der Waals surface area contributed by atoms with Gasteiger partial charge in [-0.25, -0.2) is 0 Å². The largest absolute Gasteiger partial charge is 0.497 e. The topological polar surface area (TPSA) is 21.3 Å². The van der Waals surface area contributed by atoms with Crippen LogP contribution in [0.2, 0.25) is 0 Å². The Morgan fingerprint density at radius 3 is 2.65 bits per heavy atom. The molecule has 0 heterocycles. The number of hydrogen-bond donors (Lipinski definition) is 1. The van der Waals surface area contributed by atoms with Gasteiger partial charge in [0.2, 0.25) is 0 Å². The Morgan fingerprint density at radius 2 is 2.00 bits per heavy atom. The highest BCUT2D eigenvalue weighted by Crippen LogP contribution is 2.39. The molecule has 20 heavy (non-hydrogen) atoms. The molecule has 0 bridgehead atoms. The summed E-state index contributed by atoms with van der Waals surface area (Å²) in [5.41, 5.74) is 2.91. The number of nitrogens with one attached hydrogen (secondary N) is 1. The van der Waals surface area contributed by atoms with Gasteiger partial charge in [-0.15, -0.1) is 0 Å². The lowest BCUT2D eigenvalue weighted by Gasteiger charge is -2.33. The van der Waals surface area contributed by atoms with Crippen molar-refractivity contribution in [2.75, 3.05) is 13.7 Å². The van der Waals surface area contributed by atoms with Crippen LogP contribution in [0.1, 0.15) is 56.6 Å². The highest BCUT2D eigenvalue weighted by atomic mass is 16.5. The summed E-state index contributed by atoms with van der Waals surface area (Å²) in [5, 5.41) is 3.63. The molecule has 1 aliphatic carbocycles. The van der Waals surface area contributed by atoms with E-state index in [1.807, 2.05) is 0 Å². The van der Waals surface area contributed by atoms with Crippen LogP contribution in [0.5, 0.6) is 5.75 Å². The highest BCUT2D eigenvalue weighted by molar-refractivity contribution is 5.37. The quantitative estimate of drug-likeness (QED) is 0.866. The molecule has 0 radical (unpaired) electrons. The lowest BCUT2D eigenvalue weighted by atomic mass is 9.74. The maximum absolute atomic E-state index is 5.33. The third-order valence-electron chi connectivity index (χ3n) is 4.57. The minimum atomic E-state index is 0.578. The molecule has 2 rings (SSSR count). The van der Waals surface area contributed by atoms with Crippen LogP contribution in [-0.4, -0.2) is 19.7 Å². The van der Waals surface area contributed by atoms with Gasteiger partial charge < -0.3 is 10.1 Å². The third-order valence-corrected chi connectivity index (χ3v) is 4.57. The van der Waals surface area contributed by atoms with Gasteiger partial charge in [-0.1, -0.05) is 32.8 Å². The lowest BCUT2D eigenvalue weighted by molar-refractivity contribution is 0.288. The molecule has 2 nitrogen and oxygen atoms in total. The fraction of sp³-hybridized carbons (Fsp3) is 0.667. The zero-order valence-corrected chi connectivity index (χ0v) is 13.4. The minimum Gasteiger partial charge on any atom is -0.497 e. The monoisotopic (exact) mass is 275 g/mol. The first-order valence-corrected chi connectivity index (χ1v) is 7.99. The standard InChI is InChI=1S/C18H29NO/c1-13(2)19-12-15-7-5-6-8-18(15)17-10-9-16(20-4)11-14(17)3/h9-11,13,15,18-19H,5-8,12H2,1-4H3.